The van der Waals surface area contributed by atoms with Crippen molar-refractivity contribution in [1.82, 2.24) is 15.1 Å². The number of nitrogens with one attached hydrogen (secondary N) is 1. The first-order valence-corrected chi connectivity index (χ1v) is 13.0. The Morgan fingerprint density at radius 2 is 1.74 bits per heavy atom. The number of amides is 1. The molecule has 0 saturated carbocycles. The number of hydrogen-bond acceptors (Lipinski definition) is 7. The fourth-order valence-electron chi connectivity index (χ4n) is 4.21. The minimum atomic E-state index is -3.49. The average molecular weight is 520 g/mol. The van der Waals surface area contributed by atoms with Gasteiger partial charge >= 0.3 is 0 Å². The Bertz CT molecular complexity index is 1320. The summed E-state index contributed by atoms with van der Waals surface area (Å²) in [6.07, 6.45) is 0.256. The molecule has 3 aromatic rings. The minimum Gasteiger partial charge on any atom is -0.493 e. The van der Waals surface area contributed by atoms with Gasteiger partial charge in [0.1, 0.15) is 5.69 Å². The van der Waals surface area contributed by atoms with E-state index in [9.17, 15) is 13.2 Å². The summed E-state index contributed by atoms with van der Waals surface area (Å²) in [6, 6.07) is 12.0. The zero-order valence-electron chi connectivity index (χ0n) is 19.6. The summed E-state index contributed by atoms with van der Waals surface area (Å²) in [6.45, 7) is 0.354. The van der Waals surface area contributed by atoms with Crippen LogP contribution in [0.15, 0.2) is 42.5 Å². The molecule has 1 fully saturated rings. The van der Waals surface area contributed by atoms with Crippen molar-refractivity contribution in [3.05, 3.63) is 58.7 Å². The molecule has 1 aliphatic heterocycles. The summed E-state index contributed by atoms with van der Waals surface area (Å²) in [7, 11) is 1.06. The molecule has 1 aromatic heterocycles. The second-order valence-electron chi connectivity index (χ2n) is 8.04. The van der Waals surface area contributed by atoms with E-state index in [2.05, 4.69) is 10.2 Å². The predicted molar refractivity (Wildman–Crippen MR) is 132 cm³/mol. The lowest BCUT2D eigenvalue weighted by molar-refractivity contribution is 0.0760. The zero-order valence-corrected chi connectivity index (χ0v) is 21.1. The molecular formula is C24H26ClN3O6S. The number of hydrogen-bond donors (Lipinski definition) is 1. The van der Waals surface area contributed by atoms with Crippen LogP contribution in [0.2, 0.25) is 5.02 Å². The number of rotatable bonds is 6. The molecule has 0 radical (unpaired) electrons. The average Bonchev–Trinajstić information content (AvgIpc) is 3.29. The molecule has 0 spiro atoms. The number of aromatic amines is 1. The maximum Gasteiger partial charge on any atom is 0.271 e. The van der Waals surface area contributed by atoms with Crippen LogP contribution in [0, 0.1) is 0 Å². The highest BCUT2D eigenvalue weighted by molar-refractivity contribution is 7.91. The molecule has 186 valence electrons. The molecular weight excluding hydrogens is 494 g/mol. The number of nitrogens with zero attached hydrogens (tertiary/aromatic N) is 2. The fraction of sp³-hybridized carbons (Fsp3) is 0.333. The number of aromatic nitrogens is 2. The molecule has 4 rings (SSSR count). The molecule has 35 heavy (non-hydrogen) atoms. The van der Waals surface area contributed by atoms with E-state index in [-0.39, 0.29) is 36.9 Å². The van der Waals surface area contributed by atoms with Crippen LogP contribution in [0.4, 0.5) is 0 Å². The van der Waals surface area contributed by atoms with E-state index >= 15 is 0 Å². The molecule has 1 aliphatic rings. The molecule has 11 heteroatoms. The molecule has 1 N–H and O–H groups in total. The van der Waals surface area contributed by atoms with Crippen LogP contribution < -0.4 is 14.2 Å². The maximum atomic E-state index is 13.2. The Balaban J connectivity index is 1.57. The van der Waals surface area contributed by atoms with Crippen molar-refractivity contribution in [2.24, 2.45) is 0 Å². The lowest BCUT2D eigenvalue weighted by atomic mass is 10.1. The quantitative estimate of drug-likeness (QED) is 0.528. The molecule has 2 heterocycles. The van der Waals surface area contributed by atoms with Gasteiger partial charge in [0.15, 0.2) is 21.3 Å². The molecule has 1 unspecified atom stereocenters. The van der Waals surface area contributed by atoms with Gasteiger partial charge in [-0.05, 0) is 36.2 Å². The Morgan fingerprint density at radius 1 is 1.06 bits per heavy atom. The van der Waals surface area contributed by atoms with Crippen molar-refractivity contribution >= 4 is 27.3 Å². The monoisotopic (exact) mass is 519 g/mol. The summed E-state index contributed by atoms with van der Waals surface area (Å²) >= 11 is 6.27. The van der Waals surface area contributed by atoms with Crippen LogP contribution in [0.3, 0.4) is 0 Å². The summed E-state index contributed by atoms with van der Waals surface area (Å²) < 4.78 is 42.1. The van der Waals surface area contributed by atoms with Crippen molar-refractivity contribution in [2.75, 3.05) is 40.2 Å². The second kappa shape index (κ2) is 10.2. The number of ether oxygens (including phenoxy) is 3. The predicted octanol–water partition coefficient (Wildman–Crippen LogP) is 3.76. The first kappa shape index (κ1) is 24.9. The van der Waals surface area contributed by atoms with Crippen LogP contribution in [0.5, 0.6) is 17.2 Å². The zero-order chi connectivity index (χ0) is 25.2. The van der Waals surface area contributed by atoms with Crippen molar-refractivity contribution in [1.29, 1.82) is 0 Å². The number of carbonyl (C=O) groups excluding carboxylic acids is 1. The third-order valence-electron chi connectivity index (χ3n) is 6.05. The number of H-pyrrole nitrogens is 1. The van der Waals surface area contributed by atoms with Crippen LogP contribution >= 0.6 is 11.6 Å². The first-order chi connectivity index (χ1) is 16.8. The van der Waals surface area contributed by atoms with Crippen LogP contribution in [0.25, 0.3) is 11.3 Å². The Kier molecular flexibility index (Phi) is 7.23. The first-order valence-electron chi connectivity index (χ1n) is 10.9. The Hall–Kier alpha value is -3.24. The van der Waals surface area contributed by atoms with Crippen molar-refractivity contribution in [2.45, 2.75) is 11.7 Å². The fourth-order valence-corrected chi connectivity index (χ4v) is 6.36. The van der Waals surface area contributed by atoms with Gasteiger partial charge in [-0.15, -0.1) is 0 Å². The summed E-state index contributed by atoms with van der Waals surface area (Å²) in [5.74, 6) is 0.889. The van der Waals surface area contributed by atoms with Gasteiger partial charge < -0.3 is 19.1 Å². The van der Waals surface area contributed by atoms with Gasteiger partial charge in [-0.25, -0.2) is 8.42 Å². The van der Waals surface area contributed by atoms with Gasteiger partial charge in [0.25, 0.3) is 5.91 Å². The van der Waals surface area contributed by atoms with E-state index in [4.69, 9.17) is 25.8 Å². The van der Waals surface area contributed by atoms with Crippen LogP contribution in [0.1, 0.15) is 27.7 Å². The standard InChI is InChI=1S/C24H26ClN3O6S/c1-32-20-12-15(13-21(33-2)23(20)34-3)18-14-19(27-26-18)24(29)28-9-8-22(35(30,31)11-10-28)16-6-4-5-7-17(16)25/h4-7,12-14,22H,8-11H2,1-3H3,(H,26,27). The Labute approximate surface area is 208 Å². The normalized spacial score (nSPS) is 17.5. The number of sulfone groups is 1. The SMILES string of the molecule is COc1cc(-c2cc(C(=O)N3CCC(c4ccccc4Cl)S(=O)(=O)CC3)[nH]n2)cc(OC)c1OC. The highest BCUT2D eigenvalue weighted by Gasteiger charge is 2.34. The molecule has 0 aliphatic carbocycles. The smallest absolute Gasteiger partial charge is 0.271 e. The Morgan fingerprint density at radius 3 is 2.37 bits per heavy atom. The highest BCUT2D eigenvalue weighted by Crippen LogP contribution is 2.41. The third kappa shape index (κ3) is 4.94. The third-order valence-corrected chi connectivity index (χ3v) is 8.50. The lowest BCUT2D eigenvalue weighted by Gasteiger charge is -2.19. The largest absolute Gasteiger partial charge is 0.493 e. The van der Waals surface area contributed by atoms with Gasteiger partial charge in [-0.2, -0.15) is 5.10 Å². The van der Waals surface area contributed by atoms with E-state index in [1.807, 2.05) is 0 Å². The van der Waals surface area contributed by atoms with E-state index in [1.54, 1.807) is 42.5 Å². The van der Waals surface area contributed by atoms with Gasteiger partial charge in [0, 0.05) is 23.7 Å². The van der Waals surface area contributed by atoms with Gasteiger partial charge in [-0.1, -0.05) is 29.8 Å². The maximum absolute atomic E-state index is 13.2. The van der Waals surface area contributed by atoms with E-state index < -0.39 is 15.1 Å². The van der Waals surface area contributed by atoms with E-state index in [0.717, 1.165) is 0 Å². The van der Waals surface area contributed by atoms with Crippen molar-refractivity contribution in [3.8, 4) is 28.5 Å². The summed E-state index contributed by atoms with van der Waals surface area (Å²) in [5, 5.41) is 6.70. The number of benzene rings is 2. The highest BCUT2D eigenvalue weighted by atomic mass is 35.5. The molecule has 1 atom stereocenters. The van der Waals surface area contributed by atoms with Crippen LogP contribution in [-0.4, -0.2) is 69.6 Å². The van der Waals surface area contributed by atoms with Gasteiger partial charge in [0.2, 0.25) is 5.75 Å². The topological polar surface area (TPSA) is 111 Å². The molecule has 9 nitrogen and oxygen atoms in total. The van der Waals surface area contributed by atoms with Gasteiger partial charge in [-0.3, -0.25) is 9.89 Å². The van der Waals surface area contributed by atoms with Crippen molar-refractivity contribution in [3.63, 3.8) is 0 Å². The molecule has 1 saturated heterocycles. The second-order valence-corrected chi connectivity index (χ2v) is 10.7. The summed E-state index contributed by atoms with van der Waals surface area (Å²) in [4.78, 5) is 14.8. The molecule has 2 aromatic carbocycles. The van der Waals surface area contributed by atoms with Crippen LogP contribution in [-0.2, 0) is 9.84 Å². The van der Waals surface area contributed by atoms with E-state index in [1.165, 1.54) is 26.2 Å². The summed E-state index contributed by atoms with van der Waals surface area (Å²) in [5.41, 5.74) is 1.98. The number of methoxy groups -OCH3 is 3. The minimum absolute atomic E-state index is 0.0840. The number of halogens is 1. The van der Waals surface area contributed by atoms with Crippen molar-refractivity contribution < 1.29 is 27.4 Å². The lowest BCUT2D eigenvalue weighted by Crippen LogP contribution is -2.33. The molecule has 0 bridgehead atoms. The van der Waals surface area contributed by atoms with E-state index in [0.29, 0.717) is 39.1 Å². The number of carbonyl (C=O) groups is 1. The molecule has 1 amide bonds. The van der Waals surface area contributed by atoms with Gasteiger partial charge in [0.05, 0.1) is 38.0 Å².